The van der Waals surface area contributed by atoms with E-state index in [9.17, 15) is 14.7 Å². The van der Waals surface area contributed by atoms with Crippen LogP contribution >= 0.6 is 11.5 Å². The van der Waals surface area contributed by atoms with Crippen LogP contribution in [0.25, 0.3) is 0 Å². The molecule has 0 spiro atoms. The minimum Gasteiger partial charge on any atom is -0.480 e. The minimum atomic E-state index is -0.943. The molecule has 1 aromatic heterocycles. The molecule has 0 radical (unpaired) electrons. The third kappa shape index (κ3) is 2.47. The van der Waals surface area contributed by atoms with Gasteiger partial charge in [0.2, 0.25) is 0 Å². The van der Waals surface area contributed by atoms with Crippen molar-refractivity contribution in [1.82, 2.24) is 14.5 Å². The molecule has 1 N–H and O–H groups in total. The van der Waals surface area contributed by atoms with Gasteiger partial charge in [-0.1, -0.05) is 25.3 Å². The van der Waals surface area contributed by atoms with Crippen LogP contribution in [0.1, 0.15) is 48.5 Å². The van der Waals surface area contributed by atoms with Crippen molar-refractivity contribution in [3.05, 3.63) is 10.6 Å². The second-order valence-corrected chi connectivity index (χ2v) is 5.94. The Balaban J connectivity index is 2.29. The minimum absolute atomic E-state index is 0.0233. The normalized spacial score (nSPS) is 23.1. The Morgan fingerprint density at radius 2 is 2.16 bits per heavy atom. The van der Waals surface area contributed by atoms with Crippen LogP contribution < -0.4 is 0 Å². The molecule has 6 nitrogen and oxygen atoms in total. The van der Waals surface area contributed by atoms with Crippen molar-refractivity contribution in [2.24, 2.45) is 5.92 Å². The van der Waals surface area contributed by atoms with E-state index in [0.717, 1.165) is 11.5 Å². The van der Waals surface area contributed by atoms with Crippen molar-refractivity contribution in [2.45, 2.75) is 39.2 Å². The van der Waals surface area contributed by atoms with Gasteiger partial charge in [-0.2, -0.15) is 0 Å². The fourth-order valence-electron chi connectivity index (χ4n) is 2.41. The second kappa shape index (κ2) is 5.24. The number of nitrogens with zero attached hydrogens (tertiary/aromatic N) is 3. The Morgan fingerprint density at radius 3 is 2.74 bits per heavy atom. The summed E-state index contributed by atoms with van der Waals surface area (Å²) in [7, 11) is 0. The van der Waals surface area contributed by atoms with E-state index >= 15 is 0 Å². The lowest BCUT2D eigenvalue weighted by atomic mass is 10.0. The van der Waals surface area contributed by atoms with Gasteiger partial charge in [-0.3, -0.25) is 4.79 Å². The van der Waals surface area contributed by atoms with E-state index in [0.29, 0.717) is 23.5 Å². The first-order valence-corrected chi connectivity index (χ1v) is 7.06. The number of aromatic nitrogens is 2. The van der Waals surface area contributed by atoms with Gasteiger partial charge >= 0.3 is 5.97 Å². The highest BCUT2D eigenvalue weighted by Gasteiger charge is 2.41. The number of carboxylic acids is 1. The summed E-state index contributed by atoms with van der Waals surface area (Å²) in [5, 5.41) is 13.2. The molecule has 0 bridgehead atoms. The van der Waals surface area contributed by atoms with Crippen molar-refractivity contribution in [3.63, 3.8) is 0 Å². The second-order valence-electron chi connectivity index (χ2n) is 5.19. The third-order valence-electron chi connectivity index (χ3n) is 3.47. The van der Waals surface area contributed by atoms with Crippen molar-refractivity contribution in [1.29, 1.82) is 0 Å². The lowest BCUT2D eigenvalue weighted by molar-refractivity contribution is -0.142. The number of rotatable bonds is 3. The molecule has 7 heteroatoms. The topological polar surface area (TPSA) is 83.4 Å². The van der Waals surface area contributed by atoms with Crippen molar-refractivity contribution in [2.75, 3.05) is 6.54 Å². The molecule has 1 aliphatic heterocycles. The zero-order chi connectivity index (χ0) is 14.2. The fraction of sp³-hybridized carbons (Fsp3) is 0.667. The van der Waals surface area contributed by atoms with Gasteiger partial charge in [0, 0.05) is 6.54 Å². The van der Waals surface area contributed by atoms with Crippen LogP contribution in [0.3, 0.4) is 0 Å². The molecule has 0 saturated carbocycles. The Morgan fingerprint density at radius 1 is 1.47 bits per heavy atom. The van der Waals surface area contributed by atoms with E-state index in [2.05, 4.69) is 9.59 Å². The van der Waals surface area contributed by atoms with Crippen LogP contribution in [0.4, 0.5) is 0 Å². The monoisotopic (exact) mass is 283 g/mol. The van der Waals surface area contributed by atoms with E-state index < -0.39 is 12.0 Å². The Hall–Kier alpha value is -1.50. The van der Waals surface area contributed by atoms with Crippen LogP contribution in [0.2, 0.25) is 0 Å². The van der Waals surface area contributed by atoms with E-state index in [1.807, 2.05) is 20.8 Å². The first kappa shape index (κ1) is 13.9. The first-order valence-electron chi connectivity index (χ1n) is 6.29. The van der Waals surface area contributed by atoms with Gasteiger partial charge in [0.05, 0.1) is 5.69 Å². The third-order valence-corrected chi connectivity index (χ3v) is 4.20. The first-order chi connectivity index (χ1) is 8.93. The predicted octanol–water partition coefficient (Wildman–Crippen LogP) is 1.60. The van der Waals surface area contributed by atoms with Gasteiger partial charge in [0.1, 0.15) is 10.9 Å². The molecule has 1 fully saturated rings. The molecule has 2 atom stereocenters. The summed E-state index contributed by atoms with van der Waals surface area (Å²) < 4.78 is 3.82. The molecule has 1 amide bonds. The maximum Gasteiger partial charge on any atom is 0.326 e. The van der Waals surface area contributed by atoms with E-state index in [1.165, 1.54) is 4.90 Å². The zero-order valence-electron chi connectivity index (χ0n) is 11.2. The largest absolute Gasteiger partial charge is 0.480 e. The number of hydrogen-bond donors (Lipinski definition) is 1. The highest BCUT2D eigenvalue weighted by atomic mass is 32.1. The summed E-state index contributed by atoms with van der Waals surface area (Å²) in [4.78, 5) is 25.7. The molecule has 2 heterocycles. The lowest BCUT2D eigenvalue weighted by Crippen LogP contribution is -2.42. The summed E-state index contributed by atoms with van der Waals surface area (Å²) in [6, 6.07) is -0.741. The van der Waals surface area contributed by atoms with Gasteiger partial charge in [0.25, 0.3) is 5.91 Å². The number of carbonyl (C=O) groups is 2. The summed E-state index contributed by atoms with van der Waals surface area (Å²) in [5.41, 5.74) is 0.652. The summed E-state index contributed by atoms with van der Waals surface area (Å²) >= 11 is 1.04. The molecule has 1 aliphatic rings. The van der Waals surface area contributed by atoms with Crippen LogP contribution in [0.15, 0.2) is 0 Å². The molecular formula is C12H17N3O3S. The quantitative estimate of drug-likeness (QED) is 0.911. The molecule has 1 saturated heterocycles. The number of carboxylic acid groups (broad SMARTS) is 1. The van der Waals surface area contributed by atoms with Crippen molar-refractivity contribution >= 4 is 23.4 Å². The van der Waals surface area contributed by atoms with Crippen LogP contribution in [-0.4, -0.2) is 44.1 Å². The molecule has 104 valence electrons. The Bertz CT molecular complexity index is 500. The fourth-order valence-corrected chi connectivity index (χ4v) is 3.18. The summed E-state index contributed by atoms with van der Waals surface area (Å²) in [6.45, 7) is 6.22. The van der Waals surface area contributed by atoms with Crippen LogP contribution in [0.5, 0.6) is 0 Å². The maximum atomic E-state index is 12.5. The smallest absolute Gasteiger partial charge is 0.326 e. The van der Waals surface area contributed by atoms with Crippen LogP contribution in [-0.2, 0) is 4.79 Å². The SMILES string of the molecule is CC(C)c1nnsc1C(=O)N1CCC(C)C1C(=O)O. The highest BCUT2D eigenvalue weighted by Crippen LogP contribution is 2.29. The number of hydrogen-bond acceptors (Lipinski definition) is 5. The molecule has 2 rings (SSSR count). The average molecular weight is 283 g/mol. The molecule has 2 unspecified atom stereocenters. The molecular weight excluding hydrogens is 266 g/mol. The summed E-state index contributed by atoms with van der Waals surface area (Å²) in [6.07, 6.45) is 0.714. The predicted molar refractivity (Wildman–Crippen MR) is 70.2 cm³/mol. The van der Waals surface area contributed by atoms with E-state index in [1.54, 1.807) is 0 Å². The molecule has 0 aromatic carbocycles. The van der Waals surface area contributed by atoms with Gasteiger partial charge in [-0.25, -0.2) is 4.79 Å². The highest BCUT2D eigenvalue weighted by molar-refractivity contribution is 7.08. The average Bonchev–Trinajstić information content (AvgIpc) is 2.93. The van der Waals surface area contributed by atoms with Gasteiger partial charge in [-0.15, -0.1) is 5.10 Å². The standard InChI is InChI=1S/C12H17N3O3S/c1-6(2)8-10(19-14-13-8)11(16)15-5-4-7(3)9(15)12(17)18/h6-7,9H,4-5H2,1-3H3,(H,17,18). The maximum absolute atomic E-state index is 12.5. The van der Waals surface area contributed by atoms with Gasteiger partial charge in [0.15, 0.2) is 0 Å². The zero-order valence-corrected chi connectivity index (χ0v) is 12.0. The Kier molecular flexibility index (Phi) is 3.84. The van der Waals surface area contributed by atoms with Gasteiger partial charge in [-0.05, 0) is 29.8 Å². The van der Waals surface area contributed by atoms with E-state index in [-0.39, 0.29) is 17.7 Å². The molecule has 19 heavy (non-hydrogen) atoms. The number of amides is 1. The summed E-state index contributed by atoms with van der Waals surface area (Å²) in [5.74, 6) is -1.12. The van der Waals surface area contributed by atoms with Crippen LogP contribution in [0, 0.1) is 5.92 Å². The lowest BCUT2D eigenvalue weighted by Gasteiger charge is -2.23. The number of aliphatic carboxylic acids is 1. The van der Waals surface area contributed by atoms with Gasteiger partial charge < -0.3 is 10.0 Å². The van der Waals surface area contributed by atoms with E-state index in [4.69, 9.17) is 0 Å². The Labute approximate surface area is 115 Å². The molecule has 0 aliphatic carbocycles. The van der Waals surface area contributed by atoms with Crippen molar-refractivity contribution < 1.29 is 14.7 Å². The number of carbonyl (C=O) groups excluding carboxylic acids is 1. The molecule has 1 aromatic rings. The van der Waals surface area contributed by atoms with Crippen molar-refractivity contribution in [3.8, 4) is 0 Å². The number of likely N-dealkylation sites (tertiary alicyclic amines) is 1.